The van der Waals surface area contributed by atoms with Crippen LogP contribution in [0.4, 0.5) is 4.39 Å². The summed E-state index contributed by atoms with van der Waals surface area (Å²) in [4.78, 5) is 14.8. The Morgan fingerprint density at radius 3 is 2.59 bits per heavy atom. The summed E-state index contributed by atoms with van der Waals surface area (Å²) in [5.41, 5.74) is 2.30. The summed E-state index contributed by atoms with van der Waals surface area (Å²) >= 11 is 0. The van der Waals surface area contributed by atoms with E-state index in [2.05, 4.69) is 16.3 Å². The van der Waals surface area contributed by atoms with Gasteiger partial charge in [0.15, 0.2) is 0 Å². The highest BCUT2D eigenvalue weighted by molar-refractivity contribution is 5.78. The average molecular weight is 399 g/mol. The first-order valence-corrected chi connectivity index (χ1v) is 10.6. The molecular formula is C24H31FN2O2. The van der Waals surface area contributed by atoms with Crippen molar-refractivity contribution in [2.75, 3.05) is 26.2 Å². The smallest absolute Gasteiger partial charge is 0.223 e. The fourth-order valence-corrected chi connectivity index (χ4v) is 3.84. The lowest BCUT2D eigenvalue weighted by atomic mass is 9.95. The average Bonchev–Trinajstić information content (AvgIpc) is 2.74. The van der Waals surface area contributed by atoms with Gasteiger partial charge in [0.1, 0.15) is 11.6 Å². The molecule has 3 rings (SSSR count). The van der Waals surface area contributed by atoms with E-state index in [1.54, 1.807) is 0 Å². The van der Waals surface area contributed by atoms with Crippen LogP contribution in [0.15, 0.2) is 48.5 Å². The molecule has 0 spiro atoms. The predicted octanol–water partition coefficient (Wildman–Crippen LogP) is 4.19. The zero-order valence-corrected chi connectivity index (χ0v) is 17.2. The fraction of sp³-hybridized carbons (Fsp3) is 0.458. The minimum atomic E-state index is -0.203. The van der Waals surface area contributed by atoms with Crippen molar-refractivity contribution in [1.29, 1.82) is 0 Å². The lowest BCUT2D eigenvalue weighted by Gasteiger charge is -2.31. The summed E-state index contributed by atoms with van der Waals surface area (Å²) in [5, 5.41) is 3.10. The molecule has 1 heterocycles. The van der Waals surface area contributed by atoms with Crippen LogP contribution in [-0.4, -0.2) is 37.0 Å². The van der Waals surface area contributed by atoms with Crippen molar-refractivity contribution in [3.05, 3.63) is 65.5 Å². The summed E-state index contributed by atoms with van der Waals surface area (Å²) in [5.74, 6) is 1.00. The Morgan fingerprint density at radius 2 is 1.86 bits per heavy atom. The second-order valence-electron chi connectivity index (χ2n) is 7.61. The number of carbonyl (C=O) groups is 1. The summed E-state index contributed by atoms with van der Waals surface area (Å²) in [6, 6.07) is 14.8. The van der Waals surface area contributed by atoms with Crippen molar-refractivity contribution in [3.63, 3.8) is 0 Å². The number of nitrogens with one attached hydrogen (secondary N) is 1. The molecule has 2 aromatic rings. The Labute approximate surface area is 173 Å². The monoisotopic (exact) mass is 398 g/mol. The number of nitrogens with zero attached hydrogens (tertiary/aromatic N) is 1. The summed E-state index contributed by atoms with van der Waals surface area (Å²) in [6.07, 6.45) is 3.55. The summed E-state index contributed by atoms with van der Waals surface area (Å²) in [6.45, 7) is 5.95. The first-order chi connectivity index (χ1) is 14.2. The van der Waals surface area contributed by atoms with Gasteiger partial charge in [-0.15, -0.1) is 0 Å². The molecule has 1 aliphatic heterocycles. The number of rotatable bonds is 9. The number of hydrogen-bond acceptors (Lipinski definition) is 3. The highest BCUT2D eigenvalue weighted by Crippen LogP contribution is 2.21. The molecule has 0 aromatic heterocycles. The largest absolute Gasteiger partial charge is 0.494 e. The number of ether oxygens (including phenoxy) is 1. The zero-order chi connectivity index (χ0) is 20.5. The van der Waals surface area contributed by atoms with E-state index in [0.717, 1.165) is 56.6 Å². The molecule has 1 aliphatic rings. The standard InChI is InChI=1S/C24H31FN2O2/c1-2-29-23-8-4-3-6-20(23)7-5-15-26-24(28)21-13-16-27(17-14-21)18-19-9-11-22(25)12-10-19/h3-4,6,8-12,21H,2,5,7,13-18H2,1H3,(H,26,28). The van der Waals surface area contributed by atoms with Crippen LogP contribution in [0.3, 0.4) is 0 Å². The van der Waals surface area contributed by atoms with Gasteiger partial charge in [-0.1, -0.05) is 30.3 Å². The molecular weight excluding hydrogens is 367 g/mol. The third-order valence-corrected chi connectivity index (χ3v) is 5.47. The molecule has 156 valence electrons. The Morgan fingerprint density at radius 1 is 1.14 bits per heavy atom. The van der Waals surface area contributed by atoms with Crippen molar-refractivity contribution in [1.82, 2.24) is 10.2 Å². The molecule has 1 fully saturated rings. The second kappa shape index (κ2) is 11.0. The topological polar surface area (TPSA) is 41.6 Å². The quantitative estimate of drug-likeness (QED) is 0.644. The number of carbonyl (C=O) groups excluding carboxylic acids is 1. The Balaban J connectivity index is 1.35. The Hall–Kier alpha value is -2.40. The number of halogens is 1. The third-order valence-electron chi connectivity index (χ3n) is 5.47. The first-order valence-electron chi connectivity index (χ1n) is 10.6. The van der Waals surface area contributed by atoms with Crippen LogP contribution in [0.25, 0.3) is 0 Å². The Kier molecular flexibility index (Phi) is 8.05. The normalized spacial score (nSPS) is 15.2. The molecule has 0 bridgehead atoms. The molecule has 2 aromatic carbocycles. The third kappa shape index (κ3) is 6.57. The minimum Gasteiger partial charge on any atom is -0.494 e. The van der Waals surface area contributed by atoms with Gasteiger partial charge in [-0.05, 0) is 75.0 Å². The number of likely N-dealkylation sites (tertiary alicyclic amines) is 1. The van der Waals surface area contributed by atoms with Gasteiger partial charge in [-0.2, -0.15) is 0 Å². The van der Waals surface area contributed by atoms with Crippen LogP contribution in [0.5, 0.6) is 5.75 Å². The molecule has 0 radical (unpaired) electrons. The SMILES string of the molecule is CCOc1ccccc1CCCNC(=O)C1CCN(Cc2ccc(F)cc2)CC1. The zero-order valence-electron chi connectivity index (χ0n) is 17.2. The van der Waals surface area contributed by atoms with Crippen molar-refractivity contribution < 1.29 is 13.9 Å². The predicted molar refractivity (Wildman–Crippen MR) is 113 cm³/mol. The lowest BCUT2D eigenvalue weighted by Crippen LogP contribution is -2.40. The van der Waals surface area contributed by atoms with Gasteiger partial charge in [0.25, 0.3) is 0 Å². The lowest BCUT2D eigenvalue weighted by molar-refractivity contribution is -0.126. The van der Waals surface area contributed by atoms with Gasteiger partial charge in [-0.3, -0.25) is 9.69 Å². The van der Waals surface area contributed by atoms with E-state index in [1.807, 2.05) is 37.3 Å². The van der Waals surface area contributed by atoms with Crippen molar-refractivity contribution in [2.24, 2.45) is 5.92 Å². The van der Waals surface area contributed by atoms with E-state index in [4.69, 9.17) is 4.74 Å². The number of hydrogen-bond donors (Lipinski definition) is 1. The highest BCUT2D eigenvalue weighted by atomic mass is 19.1. The molecule has 4 nitrogen and oxygen atoms in total. The van der Waals surface area contributed by atoms with Gasteiger partial charge in [0.05, 0.1) is 6.61 Å². The molecule has 1 N–H and O–H groups in total. The first kappa shape index (κ1) is 21.3. The number of aryl methyl sites for hydroxylation is 1. The van der Waals surface area contributed by atoms with E-state index in [-0.39, 0.29) is 17.6 Å². The highest BCUT2D eigenvalue weighted by Gasteiger charge is 2.24. The van der Waals surface area contributed by atoms with Crippen LogP contribution >= 0.6 is 0 Å². The van der Waals surface area contributed by atoms with Gasteiger partial charge in [-0.25, -0.2) is 4.39 Å². The summed E-state index contributed by atoms with van der Waals surface area (Å²) < 4.78 is 18.7. The second-order valence-corrected chi connectivity index (χ2v) is 7.61. The fourth-order valence-electron chi connectivity index (χ4n) is 3.84. The molecule has 29 heavy (non-hydrogen) atoms. The Bertz CT molecular complexity index is 771. The van der Waals surface area contributed by atoms with E-state index in [1.165, 1.54) is 17.7 Å². The van der Waals surface area contributed by atoms with Crippen molar-refractivity contribution >= 4 is 5.91 Å². The maximum atomic E-state index is 13.0. The van der Waals surface area contributed by atoms with E-state index >= 15 is 0 Å². The van der Waals surface area contributed by atoms with Crippen LogP contribution in [0.1, 0.15) is 37.3 Å². The van der Waals surface area contributed by atoms with Gasteiger partial charge in [0, 0.05) is 19.0 Å². The minimum absolute atomic E-state index is 0.0928. The maximum Gasteiger partial charge on any atom is 0.223 e. The number of piperidine rings is 1. The van der Waals surface area contributed by atoms with E-state index in [0.29, 0.717) is 13.2 Å². The van der Waals surface area contributed by atoms with E-state index < -0.39 is 0 Å². The molecule has 0 unspecified atom stereocenters. The summed E-state index contributed by atoms with van der Waals surface area (Å²) in [7, 11) is 0. The van der Waals surface area contributed by atoms with Crippen LogP contribution < -0.4 is 10.1 Å². The molecule has 5 heteroatoms. The molecule has 0 aliphatic carbocycles. The maximum absolute atomic E-state index is 13.0. The molecule has 1 saturated heterocycles. The molecule has 0 saturated carbocycles. The molecule has 1 amide bonds. The van der Waals surface area contributed by atoms with Crippen molar-refractivity contribution in [3.8, 4) is 5.75 Å². The van der Waals surface area contributed by atoms with Crippen LogP contribution in [0, 0.1) is 11.7 Å². The van der Waals surface area contributed by atoms with Crippen LogP contribution in [-0.2, 0) is 17.8 Å². The van der Waals surface area contributed by atoms with Gasteiger partial charge in [0.2, 0.25) is 5.91 Å². The number of para-hydroxylation sites is 1. The number of amides is 1. The van der Waals surface area contributed by atoms with Crippen molar-refractivity contribution in [2.45, 2.75) is 39.2 Å². The van der Waals surface area contributed by atoms with Crippen LogP contribution in [0.2, 0.25) is 0 Å². The van der Waals surface area contributed by atoms with Gasteiger partial charge < -0.3 is 10.1 Å². The number of benzene rings is 2. The molecule has 0 atom stereocenters. The van der Waals surface area contributed by atoms with E-state index in [9.17, 15) is 9.18 Å². The van der Waals surface area contributed by atoms with Gasteiger partial charge >= 0.3 is 0 Å².